The molecule has 2 aromatic heterocycles. The summed E-state index contributed by atoms with van der Waals surface area (Å²) in [6, 6.07) is 5.11. The van der Waals surface area contributed by atoms with Crippen molar-refractivity contribution in [1.29, 1.82) is 0 Å². The Morgan fingerprint density at radius 1 is 1.12 bits per heavy atom. The highest BCUT2D eigenvalue weighted by Crippen LogP contribution is 2.34. The number of aryl methyl sites for hydroxylation is 1. The summed E-state index contributed by atoms with van der Waals surface area (Å²) in [4.78, 5) is 47.6. The molecule has 0 atom stereocenters. The van der Waals surface area contributed by atoms with Gasteiger partial charge in [0.1, 0.15) is 27.7 Å². The highest BCUT2D eigenvalue weighted by Gasteiger charge is 2.24. The fourth-order valence-electron chi connectivity index (χ4n) is 4.15. The minimum atomic E-state index is -0.478. The second-order valence-corrected chi connectivity index (χ2v) is 9.14. The number of rotatable bonds is 7. The van der Waals surface area contributed by atoms with Gasteiger partial charge >= 0.3 is 5.69 Å². The van der Waals surface area contributed by atoms with Crippen molar-refractivity contribution in [2.24, 2.45) is 14.1 Å². The SMILES string of the molecule is COc1ccc(OC)c(NC(=O)CSc2nc(C3CCCC3)nc3c2c(=O)n(C)c(=O)n3C)c1. The highest BCUT2D eigenvalue weighted by atomic mass is 32.2. The van der Waals surface area contributed by atoms with Gasteiger partial charge in [-0.15, -0.1) is 0 Å². The van der Waals surface area contributed by atoms with Gasteiger partial charge in [0.15, 0.2) is 5.65 Å². The summed E-state index contributed by atoms with van der Waals surface area (Å²) in [6.45, 7) is 0. The van der Waals surface area contributed by atoms with Gasteiger partial charge in [-0.25, -0.2) is 14.8 Å². The normalized spacial score (nSPS) is 13.9. The molecule has 3 aromatic rings. The summed E-state index contributed by atoms with van der Waals surface area (Å²) in [6.07, 6.45) is 4.11. The number of amides is 1. The summed E-state index contributed by atoms with van der Waals surface area (Å²) < 4.78 is 12.9. The molecular weight excluding hydrogens is 458 g/mol. The van der Waals surface area contributed by atoms with Crippen LogP contribution in [0.5, 0.6) is 11.5 Å². The van der Waals surface area contributed by atoms with E-state index in [9.17, 15) is 14.4 Å². The van der Waals surface area contributed by atoms with Crippen LogP contribution in [0.1, 0.15) is 37.4 Å². The Morgan fingerprint density at radius 2 is 1.85 bits per heavy atom. The summed E-state index contributed by atoms with van der Waals surface area (Å²) in [7, 11) is 6.07. The number of anilines is 1. The van der Waals surface area contributed by atoms with Crippen LogP contribution in [-0.2, 0) is 18.9 Å². The van der Waals surface area contributed by atoms with Crippen molar-refractivity contribution in [3.05, 3.63) is 44.9 Å². The standard InChI is InChI=1S/C23H27N5O5S/c1-27-20-18(22(30)28(2)23(27)31)21(26-19(25-20)13-7-5-6-8-13)34-12-17(29)24-15-11-14(32-3)9-10-16(15)33-4/h9-11,13H,5-8,12H2,1-4H3,(H,24,29). The molecule has 1 amide bonds. The zero-order valence-electron chi connectivity index (χ0n) is 19.6. The Labute approximate surface area is 200 Å². The van der Waals surface area contributed by atoms with E-state index in [1.54, 1.807) is 32.4 Å². The minimum Gasteiger partial charge on any atom is -0.497 e. The van der Waals surface area contributed by atoms with Crippen LogP contribution in [0.3, 0.4) is 0 Å². The second kappa shape index (κ2) is 9.88. The number of benzene rings is 1. The van der Waals surface area contributed by atoms with Crippen LogP contribution in [0, 0.1) is 0 Å². The number of nitrogens with one attached hydrogen (secondary N) is 1. The molecule has 0 unspecified atom stereocenters. The second-order valence-electron chi connectivity index (χ2n) is 8.18. The average molecular weight is 486 g/mol. The molecular formula is C23H27N5O5S. The predicted octanol–water partition coefficient (Wildman–Crippen LogP) is 2.43. The van der Waals surface area contributed by atoms with E-state index >= 15 is 0 Å². The molecule has 0 saturated heterocycles. The molecule has 0 radical (unpaired) electrons. The number of hydrogen-bond acceptors (Lipinski definition) is 8. The van der Waals surface area contributed by atoms with Crippen molar-refractivity contribution in [3.63, 3.8) is 0 Å². The minimum absolute atomic E-state index is 0.00256. The molecule has 180 valence electrons. The number of hydrogen-bond donors (Lipinski definition) is 1. The van der Waals surface area contributed by atoms with Crippen LogP contribution >= 0.6 is 11.8 Å². The van der Waals surface area contributed by atoms with Gasteiger partial charge in [0.05, 0.1) is 25.7 Å². The van der Waals surface area contributed by atoms with Gasteiger partial charge in [-0.3, -0.25) is 18.7 Å². The third kappa shape index (κ3) is 4.52. The zero-order chi connectivity index (χ0) is 24.4. The Balaban J connectivity index is 1.68. The van der Waals surface area contributed by atoms with E-state index in [1.807, 2.05) is 0 Å². The number of fused-ring (bicyclic) bond motifs is 1. The molecule has 4 rings (SSSR count). The fraction of sp³-hybridized carbons (Fsp3) is 0.435. The first-order valence-electron chi connectivity index (χ1n) is 11.0. The topological polar surface area (TPSA) is 117 Å². The van der Waals surface area contributed by atoms with Crippen LogP contribution in [0.15, 0.2) is 32.8 Å². The molecule has 10 nitrogen and oxygen atoms in total. The van der Waals surface area contributed by atoms with Crippen LogP contribution in [0.4, 0.5) is 5.69 Å². The molecule has 2 heterocycles. The van der Waals surface area contributed by atoms with Gasteiger partial charge in [0.25, 0.3) is 5.56 Å². The van der Waals surface area contributed by atoms with Gasteiger partial charge in [-0.05, 0) is 25.0 Å². The Bertz CT molecular complexity index is 1360. The van der Waals surface area contributed by atoms with Crippen molar-refractivity contribution in [2.45, 2.75) is 36.6 Å². The van der Waals surface area contributed by atoms with E-state index in [0.717, 1.165) is 42.0 Å². The average Bonchev–Trinajstić information content (AvgIpc) is 3.39. The lowest BCUT2D eigenvalue weighted by molar-refractivity contribution is -0.113. The van der Waals surface area contributed by atoms with Gasteiger partial charge in [-0.2, -0.15) is 0 Å². The predicted molar refractivity (Wildman–Crippen MR) is 130 cm³/mol. The van der Waals surface area contributed by atoms with E-state index in [1.165, 1.54) is 18.7 Å². The van der Waals surface area contributed by atoms with E-state index in [2.05, 4.69) is 10.3 Å². The lowest BCUT2D eigenvalue weighted by Gasteiger charge is -2.15. The fourth-order valence-corrected chi connectivity index (χ4v) is 4.97. The van der Waals surface area contributed by atoms with Gasteiger partial charge in [0, 0.05) is 26.1 Å². The smallest absolute Gasteiger partial charge is 0.332 e. The molecule has 1 aliphatic rings. The first-order valence-corrected chi connectivity index (χ1v) is 11.9. The van der Waals surface area contributed by atoms with E-state index in [-0.39, 0.29) is 23.0 Å². The highest BCUT2D eigenvalue weighted by molar-refractivity contribution is 8.00. The maximum absolute atomic E-state index is 13.0. The summed E-state index contributed by atoms with van der Waals surface area (Å²) in [5, 5.41) is 3.46. The lowest BCUT2D eigenvalue weighted by atomic mass is 10.1. The number of carbonyl (C=O) groups excluding carboxylic acids is 1. The van der Waals surface area contributed by atoms with Crippen molar-refractivity contribution in [1.82, 2.24) is 19.1 Å². The molecule has 0 spiro atoms. The Morgan fingerprint density at radius 3 is 2.53 bits per heavy atom. The first kappa shape index (κ1) is 23.8. The van der Waals surface area contributed by atoms with E-state index < -0.39 is 11.2 Å². The van der Waals surface area contributed by atoms with E-state index in [4.69, 9.17) is 14.5 Å². The molecule has 0 bridgehead atoms. The molecule has 1 aromatic carbocycles. The summed E-state index contributed by atoms with van der Waals surface area (Å²) in [5.74, 6) is 1.58. The molecule has 1 aliphatic carbocycles. The van der Waals surface area contributed by atoms with Crippen molar-refractivity contribution >= 4 is 34.4 Å². The van der Waals surface area contributed by atoms with Gasteiger partial charge in [0.2, 0.25) is 5.91 Å². The Hall–Kier alpha value is -3.34. The molecule has 1 saturated carbocycles. The van der Waals surface area contributed by atoms with Crippen molar-refractivity contribution in [3.8, 4) is 11.5 Å². The molecule has 1 N–H and O–H groups in total. The lowest BCUT2D eigenvalue weighted by Crippen LogP contribution is -2.38. The third-order valence-electron chi connectivity index (χ3n) is 6.03. The first-order chi connectivity index (χ1) is 16.3. The maximum Gasteiger partial charge on any atom is 0.332 e. The third-order valence-corrected chi connectivity index (χ3v) is 7.00. The quantitative estimate of drug-likeness (QED) is 0.401. The maximum atomic E-state index is 13.0. The monoisotopic (exact) mass is 485 g/mol. The van der Waals surface area contributed by atoms with Crippen LogP contribution < -0.4 is 26.0 Å². The molecule has 11 heteroatoms. The molecule has 1 fully saturated rings. The van der Waals surface area contributed by atoms with Crippen molar-refractivity contribution in [2.75, 3.05) is 25.3 Å². The zero-order valence-corrected chi connectivity index (χ0v) is 20.4. The number of aromatic nitrogens is 4. The van der Waals surface area contributed by atoms with Crippen LogP contribution in [-0.4, -0.2) is 45.0 Å². The van der Waals surface area contributed by atoms with E-state index in [0.29, 0.717) is 33.7 Å². The van der Waals surface area contributed by atoms with Crippen molar-refractivity contribution < 1.29 is 14.3 Å². The Kier molecular flexibility index (Phi) is 6.92. The largest absolute Gasteiger partial charge is 0.497 e. The van der Waals surface area contributed by atoms with Gasteiger partial charge < -0.3 is 14.8 Å². The van der Waals surface area contributed by atoms with Crippen LogP contribution in [0.2, 0.25) is 0 Å². The summed E-state index contributed by atoms with van der Waals surface area (Å²) in [5.41, 5.74) is -0.159. The number of carbonyl (C=O) groups is 1. The number of nitrogens with zero attached hydrogens (tertiary/aromatic N) is 4. The molecule has 0 aliphatic heterocycles. The van der Waals surface area contributed by atoms with Gasteiger partial charge in [-0.1, -0.05) is 24.6 Å². The van der Waals surface area contributed by atoms with Crippen LogP contribution in [0.25, 0.3) is 11.0 Å². The number of ether oxygens (including phenoxy) is 2. The number of thioether (sulfide) groups is 1. The number of methoxy groups -OCH3 is 2. The summed E-state index contributed by atoms with van der Waals surface area (Å²) >= 11 is 1.15. The molecule has 34 heavy (non-hydrogen) atoms.